The van der Waals surface area contributed by atoms with Gasteiger partial charge in [-0.25, -0.2) is 0 Å². The van der Waals surface area contributed by atoms with Crippen molar-refractivity contribution >= 4 is 5.91 Å². The molecule has 3 N–H and O–H groups in total. The van der Waals surface area contributed by atoms with Gasteiger partial charge in [0.05, 0.1) is 5.54 Å². The number of carbonyl (C=O) groups is 1. The third-order valence-corrected chi connectivity index (χ3v) is 2.71. The molecule has 1 rings (SSSR count). The van der Waals surface area contributed by atoms with E-state index in [1.54, 1.807) is 0 Å². The molecule has 4 heteroatoms. The van der Waals surface area contributed by atoms with Crippen molar-refractivity contribution < 1.29 is 4.79 Å². The first-order valence-electron chi connectivity index (χ1n) is 5.45. The fourth-order valence-electron chi connectivity index (χ4n) is 1.76. The molecule has 0 saturated heterocycles. The largest absolute Gasteiger partial charge is 0.317 e. The van der Waals surface area contributed by atoms with E-state index in [0.29, 0.717) is 6.54 Å². The van der Waals surface area contributed by atoms with Crippen LogP contribution in [0.3, 0.4) is 0 Å². The third-order valence-electron chi connectivity index (χ3n) is 2.71. The molecule has 1 radical (unpaired) electrons. The molecule has 1 amide bonds. The van der Waals surface area contributed by atoms with Gasteiger partial charge in [0.2, 0.25) is 0 Å². The Morgan fingerprint density at radius 1 is 1.43 bits per heavy atom. The first kappa shape index (κ1) is 11.5. The Balaban J connectivity index is 2.33. The summed E-state index contributed by atoms with van der Waals surface area (Å²) in [7, 11) is 0. The number of rotatable bonds is 4. The van der Waals surface area contributed by atoms with Gasteiger partial charge < -0.3 is 5.73 Å². The van der Waals surface area contributed by atoms with Crippen molar-refractivity contribution in [3.8, 4) is 0 Å². The summed E-state index contributed by atoms with van der Waals surface area (Å²) in [4.78, 5) is 11.7. The van der Waals surface area contributed by atoms with Crippen LogP contribution in [0.5, 0.6) is 0 Å². The normalized spacial score (nSPS) is 20.4. The minimum Gasteiger partial charge on any atom is -0.317 e. The van der Waals surface area contributed by atoms with Crippen LogP contribution in [0.25, 0.3) is 0 Å². The van der Waals surface area contributed by atoms with Crippen LogP contribution in [0.1, 0.15) is 45.4 Å². The number of nitrogens with two attached hydrogens (primary N) is 1. The van der Waals surface area contributed by atoms with Crippen molar-refractivity contribution in [1.82, 2.24) is 10.9 Å². The van der Waals surface area contributed by atoms with Crippen LogP contribution in [0.15, 0.2) is 0 Å². The van der Waals surface area contributed by atoms with Gasteiger partial charge in [0.1, 0.15) is 0 Å². The van der Waals surface area contributed by atoms with Gasteiger partial charge in [-0.1, -0.05) is 26.2 Å². The second-order valence-corrected chi connectivity index (χ2v) is 4.04. The van der Waals surface area contributed by atoms with Crippen LogP contribution in [0.4, 0.5) is 0 Å². The molecule has 1 fully saturated rings. The van der Waals surface area contributed by atoms with Crippen LogP contribution in [0, 0.1) is 0 Å². The number of nitrogens with zero attached hydrogens (tertiary/aromatic N) is 1. The van der Waals surface area contributed by atoms with Gasteiger partial charge in [-0.15, -0.1) is 5.43 Å². The van der Waals surface area contributed by atoms with E-state index in [0.717, 1.165) is 32.1 Å². The van der Waals surface area contributed by atoms with Crippen molar-refractivity contribution in [2.24, 2.45) is 5.73 Å². The standard InChI is InChI=1S/C10H20N3O/c1-2-8-12-13-9(14)10(11)6-4-3-5-7-10/h2-8,11H2,1H3,(H,13,14). The Kier molecular flexibility index (Phi) is 4.35. The van der Waals surface area contributed by atoms with E-state index in [4.69, 9.17) is 5.73 Å². The fraction of sp³-hybridized carbons (Fsp3) is 0.900. The lowest BCUT2D eigenvalue weighted by molar-refractivity contribution is -0.128. The van der Waals surface area contributed by atoms with Gasteiger partial charge in [-0.05, 0) is 19.3 Å². The minimum absolute atomic E-state index is 0.106. The van der Waals surface area contributed by atoms with Crippen molar-refractivity contribution in [2.75, 3.05) is 6.54 Å². The summed E-state index contributed by atoms with van der Waals surface area (Å²) in [6.07, 6.45) is 5.83. The topological polar surface area (TPSA) is 69.2 Å². The molecule has 0 bridgehead atoms. The molecule has 0 aliphatic heterocycles. The molecule has 0 aromatic rings. The van der Waals surface area contributed by atoms with Gasteiger partial charge in [0, 0.05) is 6.54 Å². The van der Waals surface area contributed by atoms with Gasteiger partial charge in [0.25, 0.3) is 5.91 Å². The Morgan fingerprint density at radius 2 is 2.07 bits per heavy atom. The summed E-state index contributed by atoms with van der Waals surface area (Å²) in [5.74, 6) is -0.106. The molecular formula is C10H20N3O. The summed E-state index contributed by atoms with van der Waals surface area (Å²) >= 11 is 0. The second-order valence-electron chi connectivity index (χ2n) is 4.04. The molecule has 14 heavy (non-hydrogen) atoms. The number of carbonyl (C=O) groups excluding carboxylic acids is 1. The summed E-state index contributed by atoms with van der Waals surface area (Å²) in [5.41, 5.74) is 11.8. The Hall–Kier alpha value is -0.610. The van der Waals surface area contributed by atoms with Gasteiger partial charge in [-0.3, -0.25) is 10.2 Å². The molecule has 4 nitrogen and oxygen atoms in total. The van der Waals surface area contributed by atoms with Gasteiger partial charge in [0.15, 0.2) is 0 Å². The maximum atomic E-state index is 11.7. The quantitative estimate of drug-likeness (QED) is 0.515. The summed E-state index contributed by atoms with van der Waals surface area (Å²) < 4.78 is 0. The van der Waals surface area contributed by atoms with Crippen LogP contribution in [-0.2, 0) is 4.79 Å². The van der Waals surface area contributed by atoms with E-state index in [1.165, 1.54) is 6.42 Å². The lowest BCUT2D eigenvalue weighted by atomic mass is 9.82. The molecule has 0 unspecified atom stereocenters. The molecule has 1 aliphatic carbocycles. The zero-order chi connectivity index (χ0) is 10.4. The molecule has 81 valence electrons. The van der Waals surface area contributed by atoms with E-state index in [-0.39, 0.29) is 5.91 Å². The Labute approximate surface area is 85.6 Å². The smallest absolute Gasteiger partial charge is 0.255 e. The highest BCUT2D eigenvalue weighted by Crippen LogP contribution is 2.25. The average molecular weight is 198 g/mol. The maximum Gasteiger partial charge on any atom is 0.255 e. The first-order chi connectivity index (χ1) is 6.69. The zero-order valence-corrected chi connectivity index (χ0v) is 8.88. The lowest BCUT2D eigenvalue weighted by Gasteiger charge is -2.31. The van der Waals surface area contributed by atoms with Crippen LogP contribution in [-0.4, -0.2) is 18.0 Å². The molecule has 0 aromatic carbocycles. The number of hydrogen-bond donors (Lipinski definition) is 2. The van der Waals surface area contributed by atoms with Crippen molar-refractivity contribution in [2.45, 2.75) is 51.0 Å². The Morgan fingerprint density at radius 3 is 2.64 bits per heavy atom. The molecule has 0 spiro atoms. The highest BCUT2D eigenvalue weighted by atomic mass is 16.2. The minimum atomic E-state index is -0.657. The Bertz CT molecular complexity index is 188. The van der Waals surface area contributed by atoms with E-state index in [1.807, 2.05) is 6.92 Å². The van der Waals surface area contributed by atoms with Crippen LogP contribution < -0.4 is 16.6 Å². The molecule has 0 atom stereocenters. The molecule has 0 aromatic heterocycles. The SMILES string of the molecule is CCC[N]NC(=O)C1(N)CCCCC1. The van der Waals surface area contributed by atoms with E-state index < -0.39 is 5.54 Å². The second kappa shape index (κ2) is 5.32. The summed E-state index contributed by atoms with van der Waals surface area (Å²) in [6, 6.07) is 0. The lowest BCUT2D eigenvalue weighted by Crippen LogP contribution is -2.56. The number of amides is 1. The first-order valence-corrected chi connectivity index (χ1v) is 5.45. The predicted molar refractivity (Wildman–Crippen MR) is 55.4 cm³/mol. The van der Waals surface area contributed by atoms with Crippen molar-refractivity contribution in [1.29, 1.82) is 0 Å². The molecule has 1 saturated carbocycles. The van der Waals surface area contributed by atoms with Crippen LogP contribution >= 0.6 is 0 Å². The van der Waals surface area contributed by atoms with Crippen LogP contribution in [0.2, 0.25) is 0 Å². The van der Waals surface area contributed by atoms with Crippen molar-refractivity contribution in [3.05, 3.63) is 0 Å². The van der Waals surface area contributed by atoms with E-state index in [2.05, 4.69) is 10.9 Å². The maximum absolute atomic E-state index is 11.7. The van der Waals surface area contributed by atoms with Gasteiger partial charge in [-0.2, -0.15) is 0 Å². The van der Waals surface area contributed by atoms with Crippen molar-refractivity contribution in [3.63, 3.8) is 0 Å². The molecular weight excluding hydrogens is 178 g/mol. The zero-order valence-electron chi connectivity index (χ0n) is 8.88. The monoisotopic (exact) mass is 198 g/mol. The van der Waals surface area contributed by atoms with E-state index >= 15 is 0 Å². The highest BCUT2D eigenvalue weighted by molar-refractivity contribution is 5.85. The third kappa shape index (κ3) is 2.96. The number of nitrogens with one attached hydrogen (secondary N) is 1. The average Bonchev–Trinajstić information content (AvgIpc) is 2.19. The van der Waals surface area contributed by atoms with Gasteiger partial charge >= 0.3 is 0 Å². The summed E-state index contributed by atoms with van der Waals surface area (Å²) in [6.45, 7) is 2.69. The van der Waals surface area contributed by atoms with E-state index in [9.17, 15) is 4.79 Å². The molecule has 0 heterocycles. The fourth-order valence-corrected chi connectivity index (χ4v) is 1.76. The molecule has 1 aliphatic rings. The predicted octanol–water partition coefficient (Wildman–Crippen LogP) is 0.694. The summed E-state index contributed by atoms with van der Waals surface area (Å²) in [5, 5.41) is 0. The number of hydrogen-bond acceptors (Lipinski definition) is 2. The highest BCUT2D eigenvalue weighted by Gasteiger charge is 2.35.